The topological polar surface area (TPSA) is 91.6 Å². The molecule has 2 N–H and O–H groups in total. The summed E-state index contributed by atoms with van der Waals surface area (Å²) >= 11 is 0. The van der Waals surface area contributed by atoms with Gasteiger partial charge in [-0.15, -0.1) is 13.2 Å². The standard InChI is InChI=1S/C24H27BF3N2O4/c1-4-6-16-10-13-20(19(7-5-2)21(16)25-32)33-15-23(3,14-29)30-22(31)17-8-11-18(12-9-17)34-24(26,27)28/h8-13,32H,4-7,15H2,1-3H3,(H,30,31). The molecule has 1 unspecified atom stereocenters. The number of rotatable bonds is 11. The number of amides is 1. The summed E-state index contributed by atoms with van der Waals surface area (Å²) in [6.07, 6.45) is -1.66. The van der Waals surface area contributed by atoms with Crippen molar-refractivity contribution in [3.05, 3.63) is 53.1 Å². The van der Waals surface area contributed by atoms with E-state index in [1.54, 1.807) is 6.07 Å². The number of hydrogen-bond acceptors (Lipinski definition) is 5. The number of hydrogen-bond donors (Lipinski definition) is 2. The summed E-state index contributed by atoms with van der Waals surface area (Å²) in [5.41, 5.74) is 1.15. The van der Waals surface area contributed by atoms with Gasteiger partial charge in [0.25, 0.3) is 5.91 Å². The number of nitrogens with zero attached hydrogens (tertiary/aromatic N) is 1. The Hall–Kier alpha value is -3.19. The highest BCUT2D eigenvalue weighted by atomic mass is 19.4. The Morgan fingerprint density at radius 2 is 1.76 bits per heavy atom. The van der Waals surface area contributed by atoms with Gasteiger partial charge in [-0.25, -0.2) is 0 Å². The van der Waals surface area contributed by atoms with E-state index >= 15 is 0 Å². The molecule has 181 valence electrons. The maximum absolute atomic E-state index is 12.6. The third-order valence-corrected chi connectivity index (χ3v) is 5.06. The fourth-order valence-corrected chi connectivity index (χ4v) is 3.43. The Morgan fingerprint density at radius 3 is 2.29 bits per heavy atom. The predicted octanol–water partition coefficient (Wildman–Crippen LogP) is 3.82. The van der Waals surface area contributed by atoms with Crippen molar-refractivity contribution in [2.75, 3.05) is 6.61 Å². The monoisotopic (exact) mass is 475 g/mol. The Morgan fingerprint density at radius 1 is 1.12 bits per heavy atom. The average molecular weight is 475 g/mol. The van der Waals surface area contributed by atoms with Crippen molar-refractivity contribution in [1.82, 2.24) is 5.32 Å². The molecule has 0 bridgehead atoms. The maximum atomic E-state index is 12.6. The molecule has 1 atom stereocenters. The van der Waals surface area contributed by atoms with E-state index in [1.165, 1.54) is 19.1 Å². The first kappa shape index (κ1) is 27.1. The Kier molecular flexibility index (Phi) is 9.39. The molecule has 1 radical (unpaired) electrons. The minimum atomic E-state index is -4.83. The van der Waals surface area contributed by atoms with Crippen LogP contribution in [0.1, 0.15) is 55.1 Å². The van der Waals surface area contributed by atoms with Gasteiger partial charge in [0.05, 0.1) is 6.07 Å². The summed E-state index contributed by atoms with van der Waals surface area (Å²) in [5.74, 6) is -0.601. The summed E-state index contributed by atoms with van der Waals surface area (Å²) < 4.78 is 46.6. The molecule has 34 heavy (non-hydrogen) atoms. The highest BCUT2D eigenvalue weighted by molar-refractivity contribution is 6.47. The normalized spacial score (nSPS) is 12.9. The number of nitriles is 1. The molecule has 0 fully saturated rings. The minimum absolute atomic E-state index is 0.0590. The number of carbonyl (C=O) groups is 1. The van der Waals surface area contributed by atoms with Crippen LogP contribution in [0.3, 0.4) is 0 Å². The first-order valence-electron chi connectivity index (χ1n) is 10.9. The molecule has 2 rings (SSSR count). The zero-order chi connectivity index (χ0) is 25.4. The van der Waals surface area contributed by atoms with Crippen molar-refractivity contribution in [3.8, 4) is 17.6 Å². The molecular formula is C24H27BF3N2O4. The van der Waals surface area contributed by atoms with Gasteiger partial charge < -0.3 is 19.8 Å². The third-order valence-electron chi connectivity index (χ3n) is 5.06. The van der Waals surface area contributed by atoms with E-state index < -0.39 is 23.6 Å². The lowest BCUT2D eigenvalue weighted by Gasteiger charge is -2.25. The lowest BCUT2D eigenvalue weighted by atomic mass is 9.77. The highest BCUT2D eigenvalue weighted by Gasteiger charge is 2.32. The van der Waals surface area contributed by atoms with Crippen LogP contribution in [0.5, 0.6) is 11.5 Å². The molecule has 10 heteroatoms. The van der Waals surface area contributed by atoms with Gasteiger partial charge in [-0.3, -0.25) is 4.79 Å². The van der Waals surface area contributed by atoms with Crippen LogP contribution in [0.4, 0.5) is 13.2 Å². The molecule has 0 spiro atoms. The van der Waals surface area contributed by atoms with Crippen LogP contribution in [-0.2, 0) is 12.8 Å². The molecule has 0 aliphatic heterocycles. The average Bonchev–Trinajstić information content (AvgIpc) is 2.78. The van der Waals surface area contributed by atoms with Gasteiger partial charge in [0, 0.05) is 5.56 Å². The summed E-state index contributed by atoms with van der Waals surface area (Å²) in [6.45, 7) is 5.35. The van der Waals surface area contributed by atoms with E-state index in [-0.39, 0.29) is 12.2 Å². The van der Waals surface area contributed by atoms with E-state index in [0.29, 0.717) is 17.6 Å². The van der Waals surface area contributed by atoms with Crippen LogP contribution in [0.15, 0.2) is 36.4 Å². The van der Waals surface area contributed by atoms with Crippen LogP contribution < -0.4 is 20.3 Å². The largest absolute Gasteiger partial charge is 0.573 e. The lowest BCUT2D eigenvalue weighted by molar-refractivity contribution is -0.274. The second-order valence-electron chi connectivity index (χ2n) is 8.00. The van der Waals surface area contributed by atoms with Crippen molar-refractivity contribution in [2.24, 2.45) is 0 Å². The van der Waals surface area contributed by atoms with Crippen LogP contribution >= 0.6 is 0 Å². The smallest absolute Gasteiger partial charge is 0.490 e. The minimum Gasteiger partial charge on any atom is -0.490 e. The van der Waals surface area contributed by atoms with E-state index in [4.69, 9.17) is 4.74 Å². The molecule has 0 aliphatic rings. The van der Waals surface area contributed by atoms with Gasteiger partial charge in [0.2, 0.25) is 0 Å². The number of ether oxygens (including phenoxy) is 2. The number of nitrogens with one attached hydrogen (secondary N) is 1. The molecule has 0 saturated heterocycles. The molecule has 1 amide bonds. The van der Waals surface area contributed by atoms with Crippen LogP contribution in [0.25, 0.3) is 0 Å². The van der Waals surface area contributed by atoms with Gasteiger partial charge >= 0.3 is 13.8 Å². The van der Waals surface area contributed by atoms with Crippen LogP contribution in [-0.4, -0.2) is 36.9 Å². The summed E-state index contributed by atoms with van der Waals surface area (Å²) in [5, 5.41) is 22.1. The van der Waals surface area contributed by atoms with E-state index in [2.05, 4.69) is 10.1 Å². The second kappa shape index (κ2) is 11.8. The van der Waals surface area contributed by atoms with Gasteiger partial charge in [-0.05, 0) is 61.1 Å². The fourth-order valence-electron chi connectivity index (χ4n) is 3.43. The molecule has 6 nitrogen and oxygen atoms in total. The van der Waals surface area contributed by atoms with Crippen molar-refractivity contribution < 1.29 is 32.5 Å². The summed E-state index contributed by atoms with van der Waals surface area (Å²) in [4.78, 5) is 12.6. The van der Waals surface area contributed by atoms with Crippen LogP contribution in [0, 0.1) is 11.3 Å². The predicted molar refractivity (Wildman–Crippen MR) is 122 cm³/mol. The molecule has 0 aliphatic carbocycles. The number of alkyl halides is 3. The molecule has 2 aromatic carbocycles. The van der Waals surface area contributed by atoms with E-state index in [0.717, 1.165) is 50.0 Å². The highest BCUT2D eigenvalue weighted by Crippen LogP contribution is 2.24. The van der Waals surface area contributed by atoms with Crippen molar-refractivity contribution >= 4 is 18.9 Å². The Bertz CT molecular complexity index is 1020. The van der Waals surface area contributed by atoms with Crippen molar-refractivity contribution in [1.29, 1.82) is 5.26 Å². The lowest BCUT2D eigenvalue weighted by Crippen LogP contribution is -2.49. The first-order chi connectivity index (χ1) is 16.1. The molecular weight excluding hydrogens is 448 g/mol. The fraction of sp³-hybridized carbons (Fsp3) is 0.417. The Labute approximate surface area is 198 Å². The molecule has 0 aromatic heterocycles. The van der Waals surface area contributed by atoms with Gasteiger partial charge in [0.15, 0.2) is 5.54 Å². The van der Waals surface area contributed by atoms with Gasteiger partial charge in [-0.2, -0.15) is 5.26 Å². The zero-order valence-corrected chi connectivity index (χ0v) is 19.3. The van der Waals surface area contributed by atoms with Crippen LogP contribution in [0.2, 0.25) is 0 Å². The van der Waals surface area contributed by atoms with E-state index in [1.807, 2.05) is 26.0 Å². The number of benzene rings is 2. The summed E-state index contributed by atoms with van der Waals surface area (Å²) in [7, 11) is 1.07. The number of halogens is 3. The zero-order valence-electron chi connectivity index (χ0n) is 19.3. The summed E-state index contributed by atoms with van der Waals surface area (Å²) in [6, 6.07) is 10.1. The van der Waals surface area contributed by atoms with Gasteiger partial charge in [-0.1, -0.05) is 38.3 Å². The number of aryl methyl sites for hydroxylation is 1. The van der Waals surface area contributed by atoms with Crippen molar-refractivity contribution in [2.45, 2.75) is 58.4 Å². The number of carbonyl (C=O) groups excluding carboxylic acids is 1. The van der Waals surface area contributed by atoms with E-state index in [9.17, 15) is 28.3 Å². The second-order valence-corrected chi connectivity index (χ2v) is 8.00. The van der Waals surface area contributed by atoms with Crippen molar-refractivity contribution in [3.63, 3.8) is 0 Å². The van der Waals surface area contributed by atoms with Gasteiger partial charge in [0.1, 0.15) is 18.1 Å². The third kappa shape index (κ3) is 7.42. The molecule has 2 aromatic rings. The Balaban J connectivity index is 2.16. The molecule has 0 heterocycles. The molecule has 0 saturated carbocycles. The SMILES string of the molecule is CCCc1ccc(OCC(C)(C#N)NC(=O)c2ccc(OC(F)(F)F)cc2)c(CCC)c1[B]O. The first-order valence-corrected chi connectivity index (χ1v) is 10.9. The quantitative estimate of drug-likeness (QED) is 0.483. The maximum Gasteiger partial charge on any atom is 0.573 e.